The molecule has 2 aromatic rings. The molecule has 112 valence electrons. The van der Waals surface area contributed by atoms with E-state index in [9.17, 15) is 0 Å². The zero-order valence-electron chi connectivity index (χ0n) is 11.5. The Labute approximate surface area is 138 Å². The lowest BCUT2D eigenvalue weighted by atomic mass is 10.2. The summed E-state index contributed by atoms with van der Waals surface area (Å²) in [4.78, 5) is 0. The second-order valence-corrected chi connectivity index (χ2v) is 5.87. The van der Waals surface area contributed by atoms with Gasteiger partial charge < -0.3 is 15.2 Å². The van der Waals surface area contributed by atoms with E-state index in [1.165, 1.54) is 0 Å². The van der Waals surface area contributed by atoms with E-state index >= 15 is 0 Å². The van der Waals surface area contributed by atoms with Crippen LogP contribution < -0.4 is 10.1 Å². The first kappa shape index (κ1) is 16.3. The average Bonchev–Trinajstić information content (AvgIpc) is 2.48. The molecular formula is C16H17BrClNO2. The standard InChI is InChI=1S/C16H17BrClNO2/c17-15-9-13(10-19-7-8-20)3-6-16(15)21-11-12-1-4-14(18)5-2-12/h1-6,9,19-20H,7-8,10-11H2. The van der Waals surface area contributed by atoms with Crippen molar-refractivity contribution >= 4 is 27.5 Å². The molecule has 0 spiro atoms. The summed E-state index contributed by atoms with van der Waals surface area (Å²) in [6.07, 6.45) is 0. The van der Waals surface area contributed by atoms with Gasteiger partial charge in [0.1, 0.15) is 12.4 Å². The highest BCUT2D eigenvalue weighted by atomic mass is 79.9. The molecule has 0 radical (unpaired) electrons. The van der Waals surface area contributed by atoms with Crippen LogP contribution in [0.4, 0.5) is 0 Å². The molecule has 0 amide bonds. The second kappa shape index (κ2) is 8.39. The third kappa shape index (κ3) is 5.32. The van der Waals surface area contributed by atoms with Crippen molar-refractivity contribution in [2.75, 3.05) is 13.2 Å². The van der Waals surface area contributed by atoms with Crippen molar-refractivity contribution in [1.82, 2.24) is 5.32 Å². The fourth-order valence-electron chi connectivity index (χ4n) is 1.82. The topological polar surface area (TPSA) is 41.5 Å². The van der Waals surface area contributed by atoms with Crippen molar-refractivity contribution in [3.63, 3.8) is 0 Å². The quantitative estimate of drug-likeness (QED) is 0.729. The third-order valence-electron chi connectivity index (χ3n) is 2.92. The van der Waals surface area contributed by atoms with E-state index < -0.39 is 0 Å². The predicted molar refractivity (Wildman–Crippen MR) is 88.7 cm³/mol. The molecule has 0 heterocycles. The number of hydrogen-bond donors (Lipinski definition) is 2. The molecule has 0 saturated heterocycles. The second-order valence-electron chi connectivity index (χ2n) is 4.58. The van der Waals surface area contributed by atoms with E-state index in [0.717, 1.165) is 32.9 Å². The van der Waals surface area contributed by atoms with Crippen LogP contribution in [0, 0.1) is 0 Å². The predicted octanol–water partition coefficient (Wildman–Crippen LogP) is 3.76. The van der Waals surface area contributed by atoms with Gasteiger partial charge in [-0.15, -0.1) is 0 Å². The molecule has 21 heavy (non-hydrogen) atoms. The van der Waals surface area contributed by atoms with Crippen LogP contribution in [-0.4, -0.2) is 18.3 Å². The molecule has 0 unspecified atom stereocenters. The zero-order valence-corrected chi connectivity index (χ0v) is 13.8. The van der Waals surface area contributed by atoms with E-state index in [4.69, 9.17) is 21.4 Å². The minimum absolute atomic E-state index is 0.142. The highest BCUT2D eigenvalue weighted by molar-refractivity contribution is 9.10. The maximum absolute atomic E-state index is 8.74. The lowest BCUT2D eigenvalue weighted by Gasteiger charge is -2.10. The highest BCUT2D eigenvalue weighted by Crippen LogP contribution is 2.27. The molecule has 0 aliphatic carbocycles. The van der Waals surface area contributed by atoms with Gasteiger partial charge in [0.2, 0.25) is 0 Å². The Morgan fingerprint density at radius 1 is 1.10 bits per heavy atom. The van der Waals surface area contributed by atoms with Gasteiger partial charge in [-0.05, 0) is 51.3 Å². The molecule has 2 N–H and O–H groups in total. The first-order valence-electron chi connectivity index (χ1n) is 6.66. The summed E-state index contributed by atoms with van der Waals surface area (Å²) in [5, 5.41) is 12.6. The van der Waals surface area contributed by atoms with E-state index in [2.05, 4.69) is 21.2 Å². The van der Waals surface area contributed by atoms with Crippen molar-refractivity contribution in [2.24, 2.45) is 0 Å². The average molecular weight is 371 g/mol. The molecule has 0 bridgehead atoms. The van der Waals surface area contributed by atoms with Gasteiger partial charge in [-0.2, -0.15) is 0 Å². The van der Waals surface area contributed by atoms with Crippen LogP contribution in [0.1, 0.15) is 11.1 Å². The third-order valence-corrected chi connectivity index (χ3v) is 3.79. The molecule has 0 aromatic heterocycles. The Kier molecular flexibility index (Phi) is 6.51. The first-order valence-corrected chi connectivity index (χ1v) is 7.83. The van der Waals surface area contributed by atoms with Crippen LogP contribution >= 0.6 is 27.5 Å². The van der Waals surface area contributed by atoms with Gasteiger partial charge in [0, 0.05) is 18.1 Å². The Balaban J connectivity index is 1.92. The van der Waals surface area contributed by atoms with Crippen molar-refractivity contribution in [3.05, 3.63) is 63.1 Å². The summed E-state index contributed by atoms with van der Waals surface area (Å²) in [5.41, 5.74) is 2.20. The number of halogens is 2. The minimum atomic E-state index is 0.142. The molecular weight excluding hydrogens is 354 g/mol. The van der Waals surface area contributed by atoms with Gasteiger partial charge in [0.05, 0.1) is 11.1 Å². The monoisotopic (exact) mass is 369 g/mol. The van der Waals surface area contributed by atoms with Crippen LogP contribution in [0.5, 0.6) is 5.75 Å². The van der Waals surface area contributed by atoms with E-state index in [-0.39, 0.29) is 6.61 Å². The number of benzene rings is 2. The maximum atomic E-state index is 8.74. The van der Waals surface area contributed by atoms with Crippen molar-refractivity contribution in [1.29, 1.82) is 0 Å². The molecule has 5 heteroatoms. The van der Waals surface area contributed by atoms with Crippen LogP contribution in [0.25, 0.3) is 0 Å². The summed E-state index contributed by atoms with van der Waals surface area (Å²) in [5.74, 6) is 0.802. The highest BCUT2D eigenvalue weighted by Gasteiger charge is 2.03. The molecule has 0 aliphatic rings. The maximum Gasteiger partial charge on any atom is 0.134 e. The van der Waals surface area contributed by atoms with Crippen LogP contribution in [0.15, 0.2) is 46.9 Å². The zero-order chi connectivity index (χ0) is 15.1. The Bertz CT molecular complexity index is 575. The molecule has 0 saturated carbocycles. The molecule has 0 atom stereocenters. The Morgan fingerprint density at radius 2 is 1.81 bits per heavy atom. The molecule has 0 fully saturated rings. The number of hydrogen-bond acceptors (Lipinski definition) is 3. The van der Waals surface area contributed by atoms with Crippen LogP contribution in [0.2, 0.25) is 5.02 Å². The normalized spacial score (nSPS) is 10.6. The largest absolute Gasteiger partial charge is 0.488 e. The smallest absolute Gasteiger partial charge is 0.134 e. The van der Waals surface area contributed by atoms with E-state index in [1.807, 2.05) is 42.5 Å². The van der Waals surface area contributed by atoms with Gasteiger partial charge in [0.15, 0.2) is 0 Å². The van der Waals surface area contributed by atoms with Gasteiger partial charge in [0.25, 0.3) is 0 Å². The fraction of sp³-hybridized carbons (Fsp3) is 0.250. The molecule has 2 rings (SSSR count). The minimum Gasteiger partial charge on any atom is -0.488 e. The first-order chi connectivity index (χ1) is 10.2. The number of nitrogens with one attached hydrogen (secondary N) is 1. The molecule has 2 aromatic carbocycles. The van der Waals surface area contributed by atoms with Gasteiger partial charge in [-0.1, -0.05) is 29.8 Å². The number of rotatable bonds is 7. The Hall–Kier alpha value is -1.07. The van der Waals surface area contributed by atoms with Crippen molar-refractivity contribution in [2.45, 2.75) is 13.2 Å². The van der Waals surface area contributed by atoms with Gasteiger partial charge in [-0.3, -0.25) is 0 Å². The molecule has 0 aliphatic heterocycles. The molecule has 3 nitrogen and oxygen atoms in total. The SMILES string of the molecule is OCCNCc1ccc(OCc2ccc(Cl)cc2)c(Br)c1. The number of ether oxygens (including phenoxy) is 1. The van der Waals surface area contributed by atoms with Gasteiger partial charge in [-0.25, -0.2) is 0 Å². The summed E-state index contributed by atoms with van der Waals surface area (Å²) in [6, 6.07) is 13.6. The van der Waals surface area contributed by atoms with Crippen LogP contribution in [0.3, 0.4) is 0 Å². The summed E-state index contributed by atoms with van der Waals surface area (Å²) in [7, 11) is 0. The number of aliphatic hydroxyl groups excluding tert-OH is 1. The summed E-state index contributed by atoms with van der Waals surface area (Å²) < 4.78 is 6.71. The fourth-order valence-corrected chi connectivity index (χ4v) is 2.49. The lowest BCUT2D eigenvalue weighted by Crippen LogP contribution is -2.17. The Morgan fingerprint density at radius 3 is 2.48 bits per heavy atom. The van der Waals surface area contributed by atoms with Crippen molar-refractivity contribution in [3.8, 4) is 5.75 Å². The van der Waals surface area contributed by atoms with Gasteiger partial charge >= 0.3 is 0 Å². The van der Waals surface area contributed by atoms with E-state index in [1.54, 1.807) is 0 Å². The summed E-state index contributed by atoms with van der Waals surface area (Å²) >= 11 is 9.37. The number of aliphatic hydroxyl groups is 1. The lowest BCUT2D eigenvalue weighted by molar-refractivity contribution is 0.292. The van der Waals surface area contributed by atoms with E-state index in [0.29, 0.717) is 13.2 Å². The van der Waals surface area contributed by atoms with Crippen LogP contribution in [-0.2, 0) is 13.2 Å². The summed E-state index contributed by atoms with van der Waals surface area (Å²) in [6.45, 7) is 1.95. The van der Waals surface area contributed by atoms with Crippen molar-refractivity contribution < 1.29 is 9.84 Å².